The molecule has 0 radical (unpaired) electrons. The van der Waals surface area contributed by atoms with Gasteiger partial charge in [0, 0.05) is 31.2 Å². The molecule has 0 amide bonds. The summed E-state index contributed by atoms with van der Waals surface area (Å²) in [6, 6.07) is 0.717. The number of likely N-dealkylation sites (tertiary alicyclic amines) is 1. The molecule has 0 bridgehead atoms. The van der Waals surface area contributed by atoms with Gasteiger partial charge in [-0.25, -0.2) is 0 Å². The topological polar surface area (TPSA) is 32.5 Å². The van der Waals surface area contributed by atoms with E-state index in [1.807, 2.05) is 0 Å². The summed E-state index contributed by atoms with van der Waals surface area (Å²) < 4.78 is 0. The van der Waals surface area contributed by atoms with Crippen LogP contribution in [0.4, 0.5) is 0 Å². The van der Waals surface area contributed by atoms with Crippen molar-refractivity contribution in [2.75, 3.05) is 33.7 Å². The fourth-order valence-electron chi connectivity index (χ4n) is 2.71. The summed E-state index contributed by atoms with van der Waals surface area (Å²) >= 11 is 0. The average molecular weight is 213 g/mol. The highest BCUT2D eigenvalue weighted by Gasteiger charge is 2.37. The Bertz CT molecular complexity index is 179. The maximum Gasteiger partial charge on any atom is 0.0327 e. The summed E-state index contributed by atoms with van der Waals surface area (Å²) in [5.41, 5.74) is 6.23. The number of nitrogens with zero attached hydrogens (tertiary/aromatic N) is 2. The molecule has 0 aromatic heterocycles. The van der Waals surface area contributed by atoms with Gasteiger partial charge in [0.1, 0.15) is 0 Å². The maximum atomic E-state index is 5.97. The molecule has 0 spiro atoms. The number of rotatable bonds is 5. The molecule has 90 valence electrons. The molecule has 1 aliphatic heterocycles. The largest absolute Gasteiger partial charge is 0.329 e. The second-order valence-electron chi connectivity index (χ2n) is 4.99. The fraction of sp³-hybridized carbons (Fsp3) is 1.00. The third-order valence-electron chi connectivity index (χ3n) is 4.26. The van der Waals surface area contributed by atoms with Gasteiger partial charge in [0.25, 0.3) is 0 Å². The predicted octanol–water partition coefficient (Wildman–Crippen LogP) is 1.14. The van der Waals surface area contributed by atoms with E-state index in [4.69, 9.17) is 5.73 Å². The first-order chi connectivity index (χ1) is 7.09. The second kappa shape index (κ2) is 5.28. The highest BCUT2D eigenvalue weighted by molar-refractivity contribution is 4.95. The van der Waals surface area contributed by atoms with Gasteiger partial charge in [-0.1, -0.05) is 13.8 Å². The first-order valence-electron chi connectivity index (χ1n) is 6.21. The predicted molar refractivity (Wildman–Crippen MR) is 66.0 cm³/mol. The lowest BCUT2D eigenvalue weighted by atomic mass is 9.91. The van der Waals surface area contributed by atoms with E-state index in [2.05, 4.69) is 37.7 Å². The Morgan fingerprint density at radius 2 is 1.93 bits per heavy atom. The van der Waals surface area contributed by atoms with Crippen LogP contribution in [0.3, 0.4) is 0 Å². The summed E-state index contributed by atoms with van der Waals surface area (Å²) in [4.78, 5) is 4.95. The average Bonchev–Trinajstić information content (AvgIpc) is 2.71. The number of hydrogen-bond donors (Lipinski definition) is 1. The number of hydrogen-bond acceptors (Lipinski definition) is 3. The summed E-state index contributed by atoms with van der Waals surface area (Å²) in [7, 11) is 4.35. The van der Waals surface area contributed by atoms with Crippen molar-refractivity contribution in [3.8, 4) is 0 Å². The van der Waals surface area contributed by atoms with Crippen molar-refractivity contribution >= 4 is 0 Å². The minimum atomic E-state index is 0.255. The molecule has 0 aromatic rings. The standard InChI is InChI=1S/C12H27N3/c1-5-12(6-2,10-13)15-8-7-11(9-15)14(3)4/h11H,5-10,13H2,1-4H3. The van der Waals surface area contributed by atoms with Crippen LogP contribution < -0.4 is 5.73 Å². The van der Waals surface area contributed by atoms with E-state index in [1.165, 1.54) is 32.4 Å². The smallest absolute Gasteiger partial charge is 0.0327 e. The van der Waals surface area contributed by atoms with Crippen molar-refractivity contribution in [1.29, 1.82) is 0 Å². The molecule has 1 saturated heterocycles. The van der Waals surface area contributed by atoms with E-state index in [1.54, 1.807) is 0 Å². The van der Waals surface area contributed by atoms with Crippen LogP contribution in [0.1, 0.15) is 33.1 Å². The molecule has 1 heterocycles. The van der Waals surface area contributed by atoms with Gasteiger partial charge >= 0.3 is 0 Å². The molecule has 0 aromatic carbocycles. The maximum absolute atomic E-state index is 5.97. The molecule has 1 aliphatic rings. The summed E-state index contributed by atoms with van der Waals surface area (Å²) in [5.74, 6) is 0. The van der Waals surface area contributed by atoms with Gasteiger partial charge in [-0.3, -0.25) is 4.90 Å². The summed E-state index contributed by atoms with van der Waals surface area (Å²) in [5, 5.41) is 0. The molecule has 2 N–H and O–H groups in total. The van der Waals surface area contributed by atoms with Crippen molar-refractivity contribution < 1.29 is 0 Å². The molecule has 1 fully saturated rings. The highest BCUT2D eigenvalue weighted by atomic mass is 15.3. The van der Waals surface area contributed by atoms with E-state index >= 15 is 0 Å². The van der Waals surface area contributed by atoms with Gasteiger partial charge in [0.2, 0.25) is 0 Å². The molecule has 0 saturated carbocycles. The van der Waals surface area contributed by atoms with Crippen molar-refractivity contribution in [1.82, 2.24) is 9.80 Å². The van der Waals surface area contributed by atoms with E-state index in [0.717, 1.165) is 6.54 Å². The highest BCUT2D eigenvalue weighted by Crippen LogP contribution is 2.28. The Hall–Kier alpha value is -0.120. The molecule has 1 rings (SSSR count). The normalized spacial score (nSPS) is 24.0. The van der Waals surface area contributed by atoms with Crippen LogP contribution in [0.5, 0.6) is 0 Å². The Morgan fingerprint density at radius 1 is 1.33 bits per heavy atom. The van der Waals surface area contributed by atoms with Crippen LogP contribution >= 0.6 is 0 Å². The lowest BCUT2D eigenvalue weighted by Gasteiger charge is -2.40. The fourth-order valence-corrected chi connectivity index (χ4v) is 2.71. The van der Waals surface area contributed by atoms with E-state index < -0.39 is 0 Å². The van der Waals surface area contributed by atoms with Gasteiger partial charge in [0.15, 0.2) is 0 Å². The molecule has 15 heavy (non-hydrogen) atoms. The number of nitrogens with two attached hydrogens (primary N) is 1. The zero-order valence-corrected chi connectivity index (χ0v) is 10.8. The molecule has 1 atom stereocenters. The molecular formula is C12H27N3. The third-order valence-corrected chi connectivity index (χ3v) is 4.26. The van der Waals surface area contributed by atoms with Crippen molar-refractivity contribution in [3.63, 3.8) is 0 Å². The minimum absolute atomic E-state index is 0.255. The molecule has 3 heteroatoms. The van der Waals surface area contributed by atoms with Crippen molar-refractivity contribution in [2.45, 2.75) is 44.7 Å². The summed E-state index contributed by atoms with van der Waals surface area (Å²) in [6.07, 6.45) is 3.62. The molecule has 1 unspecified atom stereocenters. The first-order valence-corrected chi connectivity index (χ1v) is 6.21. The van der Waals surface area contributed by atoms with Gasteiger partial charge in [-0.15, -0.1) is 0 Å². The van der Waals surface area contributed by atoms with Crippen LogP contribution in [0.25, 0.3) is 0 Å². The second-order valence-corrected chi connectivity index (χ2v) is 4.99. The summed E-state index contributed by atoms with van der Waals surface area (Å²) in [6.45, 7) is 7.71. The monoisotopic (exact) mass is 213 g/mol. The molecule has 0 aliphatic carbocycles. The third kappa shape index (κ3) is 2.52. The number of likely N-dealkylation sites (N-methyl/N-ethyl adjacent to an activating group) is 1. The lowest BCUT2D eigenvalue weighted by Crippen LogP contribution is -2.52. The SMILES string of the molecule is CCC(CC)(CN)N1CCC(N(C)C)C1. The minimum Gasteiger partial charge on any atom is -0.329 e. The van der Waals surface area contributed by atoms with Crippen LogP contribution in [0, 0.1) is 0 Å². The van der Waals surface area contributed by atoms with Crippen LogP contribution in [0.2, 0.25) is 0 Å². The van der Waals surface area contributed by atoms with Crippen LogP contribution in [-0.2, 0) is 0 Å². The Kier molecular flexibility index (Phi) is 4.56. The Labute approximate surface area is 94.6 Å². The van der Waals surface area contributed by atoms with E-state index in [-0.39, 0.29) is 5.54 Å². The van der Waals surface area contributed by atoms with Gasteiger partial charge < -0.3 is 10.6 Å². The van der Waals surface area contributed by atoms with Crippen LogP contribution in [-0.4, -0.2) is 55.1 Å². The quantitative estimate of drug-likeness (QED) is 0.743. The Morgan fingerprint density at radius 3 is 2.27 bits per heavy atom. The zero-order chi connectivity index (χ0) is 11.5. The zero-order valence-electron chi connectivity index (χ0n) is 10.8. The van der Waals surface area contributed by atoms with Gasteiger partial charge in [0.05, 0.1) is 0 Å². The van der Waals surface area contributed by atoms with Gasteiger partial charge in [-0.2, -0.15) is 0 Å². The lowest BCUT2D eigenvalue weighted by molar-refractivity contribution is 0.105. The van der Waals surface area contributed by atoms with Gasteiger partial charge in [-0.05, 0) is 33.4 Å². The van der Waals surface area contributed by atoms with E-state index in [9.17, 15) is 0 Å². The van der Waals surface area contributed by atoms with Crippen molar-refractivity contribution in [3.05, 3.63) is 0 Å². The Balaban J connectivity index is 2.64. The molecule has 3 nitrogen and oxygen atoms in total. The first kappa shape index (κ1) is 12.9. The van der Waals surface area contributed by atoms with E-state index in [0.29, 0.717) is 6.04 Å². The molecular weight excluding hydrogens is 186 g/mol. The van der Waals surface area contributed by atoms with Crippen molar-refractivity contribution in [2.24, 2.45) is 5.73 Å². The van der Waals surface area contributed by atoms with Crippen LogP contribution in [0.15, 0.2) is 0 Å².